The van der Waals surface area contributed by atoms with E-state index in [4.69, 9.17) is 4.74 Å². The Morgan fingerprint density at radius 1 is 1.31 bits per heavy atom. The minimum Gasteiger partial charge on any atom is -0.478 e. The Hall–Kier alpha value is -1.02. The van der Waals surface area contributed by atoms with Gasteiger partial charge in [0.15, 0.2) is 0 Å². The second kappa shape index (κ2) is 3.04. The molecule has 0 unspecified atom stereocenters. The highest BCUT2D eigenvalue weighted by Gasteiger charge is 2.15. The summed E-state index contributed by atoms with van der Waals surface area (Å²) in [6, 6.07) is 4.38. The molecule has 2 rings (SSSR count). The normalized spacial score (nSPS) is 16.5. The summed E-state index contributed by atoms with van der Waals surface area (Å²) in [5.41, 5.74) is 3.88. The topological polar surface area (TPSA) is 12.5 Å². The summed E-state index contributed by atoms with van der Waals surface area (Å²) in [6.07, 6.45) is 0. The van der Waals surface area contributed by atoms with Crippen molar-refractivity contribution in [2.24, 2.45) is 0 Å². The maximum atomic E-state index is 5.65. The van der Waals surface area contributed by atoms with E-state index >= 15 is 0 Å². The SMILES string of the molecule is Cc1cc(C)c2c(c1)CN(C)CO2. The van der Waals surface area contributed by atoms with Crippen LogP contribution < -0.4 is 4.74 Å². The van der Waals surface area contributed by atoms with Crippen molar-refractivity contribution in [2.75, 3.05) is 13.8 Å². The lowest BCUT2D eigenvalue weighted by atomic mass is 10.0. The van der Waals surface area contributed by atoms with Crippen LogP contribution in [0.1, 0.15) is 16.7 Å². The summed E-state index contributed by atoms with van der Waals surface area (Å²) in [5.74, 6) is 1.09. The molecule has 0 spiro atoms. The van der Waals surface area contributed by atoms with E-state index in [1.807, 2.05) is 0 Å². The molecule has 2 heteroatoms. The summed E-state index contributed by atoms with van der Waals surface area (Å²) in [6.45, 7) is 5.94. The third kappa shape index (κ3) is 1.54. The molecule has 1 aromatic rings. The standard InChI is InChI=1S/C11H15NO/c1-8-4-9(2)11-10(5-8)6-12(3)7-13-11/h4-5H,6-7H2,1-3H3. The van der Waals surface area contributed by atoms with Gasteiger partial charge in [-0.2, -0.15) is 0 Å². The summed E-state index contributed by atoms with van der Waals surface area (Å²) in [4.78, 5) is 2.17. The Kier molecular flexibility index (Phi) is 2.00. The predicted octanol–water partition coefficient (Wildman–Crippen LogP) is 2.09. The van der Waals surface area contributed by atoms with Gasteiger partial charge in [-0.3, -0.25) is 4.90 Å². The van der Waals surface area contributed by atoms with E-state index in [2.05, 4.69) is 37.9 Å². The van der Waals surface area contributed by atoms with Crippen LogP contribution in [0.2, 0.25) is 0 Å². The highest BCUT2D eigenvalue weighted by molar-refractivity contribution is 5.44. The minimum absolute atomic E-state index is 0.705. The summed E-state index contributed by atoms with van der Waals surface area (Å²) in [7, 11) is 2.07. The molecule has 0 atom stereocenters. The molecule has 1 aliphatic heterocycles. The molecule has 0 aromatic heterocycles. The molecule has 0 aliphatic carbocycles. The maximum absolute atomic E-state index is 5.65. The van der Waals surface area contributed by atoms with E-state index in [1.54, 1.807) is 0 Å². The lowest BCUT2D eigenvalue weighted by Gasteiger charge is -2.27. The minimum atomic E-state index is 0.705. The molecule has 1 aromatic carbocycles. The van der Waals surface area contributed by atoms with Gasteiger partial charge in [0.1, 0.15) is 12.5 Å². The fourth-order valence-corrected chi connectivity index (χ4v) is 1.88. The number of aryl methyl sites for hydroxylation is 2. The van der Waals surface area contributed by atoms with Crippen LogP contribution in [-0.4, -0.2) is 18.7 Å². The van der Waals surface area contributed by atoms with Crippen LogP contribution in [0.15, 0.2) is 12.1 Å². The van der Waals surface area contributed by atoms with Crippen LogP contribution in [0.3, 0.4) is 0 Å². The zero-order valence-corrected chi connectivity index (χ0v) is 8.42. The summed E-state index contributed by atoms with van der Waals surface area (Å²) < 4.78 is 5.65. The third-order valence-corrected chi connectivity index (χ3v) is 2.37. The maximum Gasteiger partial charge on any atom is 0.142 e. The summed E-state index contributed by atoms with van der Waals surface area (Å²) >= 11 is 0. The van der Waals surface area contributed by atoms with Gasteiger partial charge in [0.05, 0.1) is 0 Å². The lowest BCUT2D eigenvalue weighted by molar-refractivity contribution is 0.120. The van der Waals surface area contributed by atoms with Crippen molar-refractivity contribution in [1.29, 1.82) is 0 Å². The Morgan fingerprint density at radius 2 is 2.08 bits per heavy atom. The van der Waals surface area contributed by atoms with Crippen molar-refractivity contribution in [1.82, 2.24) is 4.90 Å². The first-order valence-electron chi connectivity index (χ1n) is 4.58. The molecule has 0 saturated carbocycles. The zero-order valence-electron chi connectivity index (χ0n) is 8.42. The average Bonchev–Trinajstić information content (AvgIpc) is 2.02. The first kappa shape index (κ1) is 8.57. The molecule has 0 amide bonds. The second-order valence-corrected chi connectivity index (χ2v) is 3.86. The Bertz CT molecular complexity index is 333. The van der Waals surface area contributed by atoms with Gasteiger partial charge in [0.25, 0.3) is 0 Å². The number of benzene rings is 1. The Labute approximate surface area is 79.1 Å². The molecule has 0 saturated heterocycles. The summed E-state index contributed by atoms with van der Waals surface area (Å²) in [5, 5.41) is 0. The van der Waals surface area contributed by atoms with Crippen molar-refractivity contribution in [3.8, 4) is 5.75 Å². The number of hydrogen-bond acceptors (Lipinski definition) is 2. The molecule has 0 radical (unpaired) electrons. The highest BCUT2D eigenvalue weighted by Crippen LogP contribution is 2.29. The highest BCUT2D eigenvalue weighted by atomic mass is 16.5. The number of rotatable bonds is 0. The fraction of sp³-hybridized carbons (Fsp3) is 0.455. The molecule has 0 fully saturated rings. The van der Waals surface area contributed by atoms with Gasteiger partial charge in [0.2, 0.25) is 0 Å². The largest absolute Gasteiger partial charge is 0.478 e. The Balaban J connectivity index is 2.47. The Morgan fingerprint density at radius 3 is 2.85 bits per heavy atom. The van der Waals surface area contributed by atoms with Gasteiger partial charge in [-0.1, -0.05) is 17.7 Å². The van der Waals surface area contributed by atoms with Crippen LogP contribution in [0.25, 0.3) is 0 Å². The van der Waals surface area contributed by atoms with E-state index in [9.17, 15) is 0 Å². The van der Waals surface area contributed by atoms with Gasteiger partial charge in [-0.05, 0) is 26.5 Å². The monoisotopic (exact) mass is 177 g/mol. The zero-order chi connectivity index (χ0) is 9.42. The van der Waals surface area contributed by atoms with Gasteiger partial charge in [0, 0.05) is 12.1 Å². The fourth-order valence-electron chi connectivity index (χ4n) is 1.88. The molecule has 1 heterocycles. The molecular weight excluding hydrogens is 162 g/mol. The van der Waals surface area contributed by atoms with Gasteiger partial charge < -0.3 is 4.74 Å². The van der Waals surface area contributed by atoms with Gasteiger partial charge in [-0.15, -0.1) is 0 Å². The van der Waals surface area contributed by atoms with E-state index in [0.717, 1.165) is 12.3 Å². The molecule has 1 aliphatic rings. The van der Waals surface area contributed by atoms with Crippen LogP contribution in [0, 0.1) is 13.8 Å². The molecule has 0 N–H and O–H groups in total. The van der Waals surface area contributed by atoms with Crippen molar-refractivity contribution in [3.05, 3.63) is 28.8 Å². The van der Waals surface area contributed by atoms with E-state index < -0.39 is 0 Å². The van der Waals surface area contributed by atoms with Gasteiger partial charge in [-0.25, -0.2) is 0 Å². The van der Waals surface area contributed by atoms with Crippen LogP contribution in [0.5, 0.6) is 5.75 Å². The molecule has 70 valence electrons. The molecule has 0 bridgehead atoms. The number of fused-ring (bicyclic) bond motifs is 1. The quantitative estimate of drug-likeness (QED) is 0.601. The predicted molar refractivity (Wildman–Crippen MR) is 52.9 cm³/mol. The van der Waals surface area contributed by atoms with Crippen molar-refractivity contribution < 1.29 is 4.74 Å². The van der Waals surface area contributed by atoms with Crippen LogP contribution in [0.4, 0.5) is 0 Å². The van der Waals surface area contributed by atoms with E-state index in [0.29, 0.717) is 6.73 Å². The first-order valence-corrected chi connectivity index (χ1v) is 4.58. The van der Waals surface area contributed by atoms with Crippen molar-refractivity contribution in [3.63, 3.8) is 0 Å². The van der Waals surface area contributed by atoms with Crippen molar-refractivity contribution >= 4 is 0 Å². The lowest BCUT2D eigenvalue weighted by Crippen LogP contribution is -2.28. The number of nitrogens with zero attached hydrogens (tertiary/aromatic N) is 1. The second-order valence-electron chi connectivity index (χ2n) is 3.86. The van der Waals surface area contributed by atoms with Crippen LogP contribution in [-0.2, 0) is 6.54 Å². The number of hydrogen-bond donors (Lipinski definition) is 0. The smallest absolute Gasteiger partial charge is 0.142 e. The molecule has 2 nitrogen and oxygen atoms in total. The van der Waals surface area contributed by atoms with Gasteiger partial charge >= 0.3 is 0 Å². The van der Waals surface area contributed by atoms with Crippen LogP contribution >= 0.6 is 0 Å². The van der Waals surface area contributed by atoms with Crippen molar-refractivity contribution in [2.45, 2.75) is 20.4 Å². The first-order chi connectivity index (χ1) is 6.16. The third-order valence-electron chi connectivity index (χ3n) is 2.37. The number of ether oxygens (including phenoxy) is 1. The van der Waals surface area contributed by atoms with E-state index in [1.165, 1.54) is 16.7 Å². The molecular formula is C11H15NO. The van der Waals surface area contributed by atoms with E-state index in [-0.39, 0.29) is 0 Å². The average molecular weight is 177 g/mol. The molecule has 13 heavy (non-hydrogen) atoms.